The average Bonchev–Trinajstić information content (AvgIpc) is 2.89. The van der Waals surface area contributed by atoms with Crippen LogP contribution in [0.15, 0.2) is 0 Å². The number of nitrogens with zero attached hydrogens (tertiary/aromatic N) is 1. The summed E-state index contributed by atoms with van der Waals surface area (Å²) in [7, 11) is 0. The molecule has 0 aromatic rings. The first-order valence-corrected chi connectivity index (χ1v) is 4.96. The van der Waals surface area contributed by atoms with Crippen molar-refractivity contribution in [1.29, 1.82) is 0 Å². The average molecular weight is 204 g/mol. The van der Waals surface area contributed by atoms with E-state index in [1.807, 2.05) is 0 Å². The number of hydrogen-bond donors (Lipinski definition) is 1. The van der Waals surface area contributed by atoms with E-state index in [4.69, 9.17) is 0 Å². The predicted molar refractivity (Wildman–Crippen MR) is 47.1 cm³/mol. The van der Waals surface area contributed by atoms with Crippen LogP contribution in [0.1, 0.15) is 12.8 Å². The van der Waals surface area contributed by atoms with Crippen molar-refractivity contribution in [2.24, 2.45) is 5.92 Å². The van der Waals surface area contributed by atoms with Gasteiger partial charge in [0.1, 0.15) is 0 Å². The van der Waals surface area contributed by atoms with Gasteiger partial charge in [0.25, 0.3) is 5.92 Å². The molecule has 0 atom stereocenters. The zero-order chi connectivity index (χ0) is 10.2. The van der Waals surface area contributed by atoms with Crippen LogP contribution in [0, 0.1) is 5.92 Å². The van der Waals surface area contributed by atoms with E-state index in [0.29, 0.717) is 13.1 Å². The molecule has 0 radical (unpaired) electrons. The summed E-state index contributed by atoms with van der Waals surface area (Å²) < 4.78 is 26.2. The maximum absolute atomic E-state index is 13.1. The highest BCUT2D eigenvalue weighted by Crippen LogP contribution is 2.32. The number of rotatable bonds is 1. The molecule has 5 heteroatoms. The lowest BCUT2D eigenvalue weighted by Gasteiger charge is -2.23. The van der Waals surface area contributed by atoms with Crippen LogP contribution in [0.5, 0.6) is 0 Å². The van der Waals surface area contributed by atoms with Crippen LogP contribution in [0.3, 0.4) is 0 Å². The van der Waals surface area contributed by atoms with Crippen molar-refractivity contribution in [2.75, 3.05) is 26.2 Å². The first-order chi connectivity index (χ1) is 6.58. The van der Waals surface area contributed by atoms with Gasteiger partial charge in [0.2, 0.25) is 5.91 Å². The van der Waals surface area contributed by atoms with Crippen molar-refractivity contribution in [1.82, 2.24) is 10.2 Å². The van der Waals surface area contributed by atoms with Gasteiger partial charge in [0, 0.05) is 19.0 Å². The molecule has 0 spiro atoms. The Balaban J connectivity index is 1.99. The van der Waals surface area contributed by atoms with E-state index in [2.05, 4.69) is 5.32 Å². The Kier molecular flexibility index (Phi) is 2.43. The molecule has 2 fully saturated rings. The molecule has 0 unspecified atom stereocenters. The van der Waals surface area contributed by atoms with Crippen molar-refractivity contribution in [3.63, 3.8) is 0 Å². The highest BCUT2D eigenvalue weighted by Gasteiger charge is 2.40. The fraction of sp³-hybridized carbons (Fsp3) is 0.889. The summed E-state index contributed by atoms with van der Waals surface area (Å²) in [6.07, 6.45) is 1.74. The number of nitrogens with one attached hydrogen (secondary N) is 1. The monoisotopic (exact) mass is 204 g/mol. The van der Waals surface area contributed by atoms with Gasteiger partial charge in [0.05, 0.1) is 13.1 Å². The van der Waals surface area contributed by atoms with Crippen LogP contribution >= 0.6 is 0 Å². The third-order valence-corrected chi connectivity index (χ3v) is 2.60. The van der Waals surface area contributed by atoms with Crippen LogP contribution in [-0.2, 0) is 4.79 Å². The molecule has 0 aromatic carbocycles. The largest absolute Gasteiger partial charge is 0.335 e. The number of alkyl halides is 2. The Hall–Kier alpha value is -0.710. The van der Waals surface area contributed by atoms with Gasteiger partial charge in [-0.25, -0.2) is 8.78 Å². The molecular weight excluding hydrogens is 190 g/mol. The molecule has 1 N–H and O–H groups in total. The summed E-state index contributed by atoms with van der Waals surface area (Å²) in [5.41, 5.74) is 0. The van der Waals surface area contributed by atoms with Crippen molar-refractivity contribution >= 4 is 5.91 Å². The second-order valence-corrected chi connectivity index (χ2v) is 4.07. The van der Waals surface area contributed by atoms with Gasteiger partial charge in [-0.1, -0.05) is 0 Å². The van der Waals surface area contributed by atoms with Gasteiger partial charge in [-0.2, -0.15) is 0 Å². The van der Waals surface area contributed by atoms with E-state index in [-0.39, 0.29) is 18.4 Å². The Morgan fingerprint density at radius 2 is 2.14 bits per heavy atom. The van der Waals surface area contributed by atoms with E-state index in [0.717, 1.165) is 12.8 Å². The third kappa shape index (κ3) is 2.20. The van der Waals surface area contributed by atoms with Crippen LogP contribution in [0.25, 0.3) is 0 Å². The molecule has 0 bridgehead atoms. The molecule has 1 saturated carbocycles. The fourth-order valence-electron chi connectivity index (χ4n) is 1.68. The van der Waals surface area contributed by atoms with Crippen LogP contribution < -0.4 is 5.32 Å². The molecule has 1 amide bonds. The molecule has 1 aliphatic heterocycles. The smallest absolute Gasteiger partial charge is 0.277 e. The minimum atomic E-state index is -2.78. The summed E-state index contributed by atoms with van der Waals surface area (Å²) in [6, 6.07) is 0. The normalized spacial score (nSPS) is 27.1. The summed E-state index contributed by atoms with van der Waals surface area (Å²) in [6.45, 7) is 0.135. The van der Waals surface area contributed by atoms with E-state index in [1.54, 1.807) is 0 Å². The quantitative estimate of drug-likeness (QED) is 0.673. The molecule has 0 aromatic heterocycles. The first kappa shape index (κ1) is 9.83. The topological polar surface area (TPSA) is 32.3 Å². The summed E-state index contributed by atoms with van der Waals surface area (Å²) >= 11 is 0. The van der Waals surface area contributed by atoms with E-state index in [9.17, 15) is 13.6 Å². The van der Waals surface area contributed by atoms with E-state index >= 15 is 0 Å². The van der Waals surface area contributed by atoms with E-state index in [1.165, 1.54) is 4.90 Å². The lowest BCUT2D eigenvalue weighted by Crippen LogP contribution is -2.42. The highest BCUT2D eigenvalue weighted by molar-refractivity contribution is 5.81. The number of hydrogen-bond acceptors (Lipinski definition) is 2. The van der Waals surface area contributed by atoms with Crippen molar-refractivity contribution in [3.05, 3.63) is 0 Å². The van der Waals surface area contributed by atoms with Gasteiger partial charge < -0.3 is 10.2 Å². The minimum absolute atomic E-state index is 0.0314. The molecule has 1 aliphatic carbocycles. The van der Waals surface area contributed by atoms with Gasteiger partial charge >= 0.3 is 0 Å². The zero-order valence-electron chi connectivity index (χ0n) is 7.93. The molecular formula is C9H14F2N2O. The maximum Gasteiger partial charge on any atom is 0.277 e. The molecule has 3 nitrogen and oxygen atoms in total. The standard InChI is InChI=1S/C9H14F2N2O/c10-9(11)5-12-3-4-13(6-9)8(14)7-1-2-7/h7,12H,1-6H2. The fourth-order valence-corrected chi connectivity index (χ4v) is 1.68. The Labute approximate surface area is 81.4 Å². The van der Waals surface area contributed by atoms with Crippen LogP contribution in [0.2, 0.25) is 0 Å². The van der Waals surface area contributed by atoms with E-state index < -0.39 is 12.5 Å². The van der Waals surface area contributed by atoms with Crippen LogP contribution in [-0.4, -0.2) is 42.9 Å². The molecule has 14 heavy (non-hydrogen) atoms. The van der Waals surface area contributed by atoms with Crippen molar-refractivity contribution in [2.45, 2.75) is 18.8 Å². The number of carbonyl (C=O) groups excluding carboxylic acids is 1. The Morgan fingerprint density at radius 3 is 2.79 bits per heavy atom. The second kappa shape index (κ2) is 3.46. The van der Waals surface area contributed by atoms with Gasteiger partial charge in [-0.3, -0.25) is 4.79 Å². The van der Waals surface area contributed by atoms with Crippen LogP contribution in [0.4, 0.5) is 8.78 Å². The molecule has 80 valence electrons. The molecule has 1 heterocycles. The molecule has 2 aliphatic rings. The summed E-state index contributed by atoms with van der Waals surface area (Å²) in [4.78, 5) is 12.9. The molecule has 1 saturated heterocycles. The molecule has 2 rings (SSSR count). The first-order valence-electron chi connectivity index (χ1n) is 4.96. The number of amides is 1. The van der Waals surface area contributed by atoms with Crippen molar-refractivity contribution < 1.29 is 13.6 Å². The Morgan fingerprint density at radius 1 is 1.43 bits per heavy atom. The Bertz CT molecular complexity index is 241. The lowest BCUT2D eigenvalue weighted by molar-refractivity contribution is -0.136. The summed E-state index contributed by atoms with van der Waals surface area (Å²) in [5, 5.41) is 2.64. The minimum Gasteiger partial charge on any atom is -0.335 e. The summed E-state index contributed by atoms with van der Waals surface area (Å²) in [5.74, 6) is -2.83. The zero-order valence-corrected chi connectivity index (χ0v) is 7.93. The van der Waals surface area contributed by atoms with Gasteiger partial charge in [0.15, 0.2) is 0 Å². The van der Waals surface area contributed by atoms with Gasteiger partial charge in [-0.05, 0) is 12.8 Å². The predicted octanol–water partition coefficient (Wildman–Crippen LogP) is 0.464. The third-order valence-electron chi connectivity index (χ3n) is 2.60. The maximum atomic E-state index is 13.1. The highest BCUT2D eigenvalue weighted by atomic mass is 19.3. The van der Waals surface area contributed by atoms with Crippen molar-refractivity contribution in [3.8, 4) is 0 Å². The SMILES string of the molecule is O=C(C1CC1)N1CCNCC(F)(F)C1. The lowest BCUT2D eigenvalue weighted by atomic mass is 10.3. The van der Waals surface area contributed by atoms with Gasteiger partial charge in [-0.15, -0.1) is 0 Å². The number of carbonyl (C=O) groups is 1. The number of halogens is 2. The second-order valence-electron chi connectivity index (χ2n) is 4.07.